The molecule has 0 aliphatic heterocycles. The Hall–Kier alpha value is -0.600. The fourth-order valence-corrected chi connectivity index (χ4v) is 2.02. The summed E-state index contributed by atoms with van der Waals surface area (Å²) in [5, 5.41) is 0.216. The van der Waals surface area contributed by atoms with E-state index in [-0.39, 0.29) is 16.4 Å². The molecule has 0 unspecified atom stereocenters. The summed E-state index contributed by atoms with van der Waals surface area (Å²) in [5.74, 6) is -0.300. The van der Waals surface area contributed by atoms with Gasteiger partial charge in [-0.15, -0.1) is 0 Å². The fraction of sp³-hybridized carbons (Fsp3) is 0.500. The molecule has 0 atom stereocenters. The van der Waals surface area contributed by atoms with Crippen LogP contribution in [0.4, 0.5) is 4.39 Å². The average Bonchev–Trinajstić information content (AvgIpc) is 2.91. The first-order chi connectivity index (χ1) is 7.04. The van der Waals surface area contributed by atoms with Crippen LogP contribution in [-0.2, 0) is 12.8 Å². The number of halogens is 2. The molecule has 82 valence electrons. The van der Waals surface area contributed by atoms with Crippen LogP contribution < -0.4 is 5.73 Å². The average molecular weight is 228 g/mol. The van der Waals surface area contributed by atoms with Crippen molar-refractivity contribution >= 4 is 11.6 Å². The molecule has 1 aliphatic rings. The van der Waals surface area contributed by atoms with Crippen molar-refractivity contribution < 1.29 is 4.39 Å². The Morgan fingerprint density at radius 1 is 1.47 bits per heavy atom. The maximum absolute atomic E-state index is 13.7. The van der Waals surface area contributed by atoms with Gasteiger partial charge < -0.3 is 5.73 Å². The van der Waals surface area contributed by atoms with E-state index >= 15 is 0 Å². The first-order valence-corrected chi connectivity index (χ1v) is 5.67. The first-order valence-electron chi connectivity index (χ1n) is 5.30. The third-order valence-electron chi connectivity index (χ3n) is 3.01. The lowest BCUT2D eigenvalue weighted by molar-refractivity contribution is 0.582. The molecule has 0 aromatic heterocycles. The van der Waals surface area contributed by atoms with Crippen LogP contribution in [0.3, 0.4) is 0 Å². The zero-order valence-electron chi connectivity index (χ0n) is 8.82. The van der Waals surface area contributed by atoms with Crippen molar-refractivity contribution in [3.8, 4) is 0 Å². The van der Waals surface area contributed by atoms with Gasteiger partial charge in [0.1, 0.15) is 5.82 Å². The van der Waals surface area contributed by atoms with E-state index < -0.39 is 0 Å². The highest BCUT2D eigenvalue weighted by Crippen LogP contribution is 2.37. The van der Waals surface area contributed by atoms with Gasteiger partial charge in [-0.3, -0.25) is 0 Å². The van der Waals surface area contributed by atoms with Crippen LogP contribution in [0.15, 0.2) is 12.1 Å². The Kier molecular flexibility index (Phi) is 2.73. The van der Waals surface area contributed by atoms with E-state index in [9.17, 15) is 4.39 Å². The maximum Gasteiger partial charge on any atom is 0.145 e. The Morgan fingerprint density at radius 2 is 2.13 bits per heavy atom. The zero-order valence-corrected chi connectivity index (χ0v) is 9.57. The smallest absolute Gasteiger partial charge is 0.145 e. The molecule has 0 amide bonds. The van der Waals surface area contributed by atoms with E-state index in [4.69, 9.17) is 17.3 Å². The normalized spacial score (nSPS) is 17.9. The van der Waals surface area contributed by atoms with Crippen LogP contribution in [0.1, 0.15) is 30.9 Å². The monoisotopic (exact) mass is 227 g/mol. The Bertz CT molecular complexity index is 385. The number of nitrogens with two attached hydrogens (primary N) is 1. The van der Waals surface area contributed by atoms with Crippen LogP contribution in [0.2, 0.25) is 5.02 Å². The van der Waals surface area contributed by atoms with Crippen LogP contribution >= 0.6 is 11.6 Å². The van der Waals surface area contributed by atoms with Gasteiger partial charge in [0, 0.05) is 5.54 Å². The molecule has 2 N–H and O–H groups in total. The molecule has 1 aliphatic carbocycles. The van der Waals surface area contributed by atoms with E-state index in [1.165, 1.54) is 0 Å². The summed E-state index contributed by atoms with van der Waals surface area (Å²) in [6.45, 7) is 2.03. The molecule has 3 heteroatoms. The largest absolute Gasteiger partial charge is 0.325 e. The predicted octanol–water partition coefficient (Wildman–Crippen LogP) is 3.08. The van der Waals surface area contributed by atoms with Gasteiger partial charge in [-0.05, 0) is 42.9 Å². The molecule has 1 aromatic carbocycles. The Balaban J connectivity index is 2.31. The summed E-state index contributed by atoms with van der Waals surface area (Å²) in [5.41, 5.74) is 7.55. The minimum atomic E-state index is -0.300. The van der Waals surface area contributed by atoms with E-state index in [1.807, 2.05) is 13.0 Å². The second kappa shape index (κ2) is 3.76. The van der Waals surface area contributed by atoms with E-state index in [1.54, 1.807) is 6.07 Å². The van der Waals surface area contributed by atoms with Gasteiger partial charge in [-0.25, -0.2) is 4.39 Å². The highest BCUT2D eigenvalue weighted by molar-refractivity contribution is 6.30. The molecule has 2 rings (SSSR count). The molecule has 1 nitrogen and oxygen atoms in total. The number of hydrogen-bond acceptors (Lipinski definition) is 1. The summed E-state index contributed by atoms with van der Waals surface area (Å²) in [6, 6.07) is 3.57. The molecular weight excluding hydrogens is 213 g/mol. The van der Waals surface area contributed by atoms with Gasteiger partial charge in [0.2, 0.25) is 0 Å². The molecule has 15 heavy (non-hydrogen) atoms. The summed E-state index contributed by atoms with van der Waals surface area (Å²) in [6.07, 6.45) is 3.44. The summed E-state index contributed by atoms with van der Waals surface area (Å²) >= 11 is 5.83. The molecule has 1 saturated carbocycles. The lowest BCUT2D eigenvalue weighted by Gasteiger charge is -2.11. The number of rotatable bonds is 3. The van der Waals surface area contributed by atoms with Gasteiger partial charge in [0.05, 0.1) is 5.02 Å². The zero-order chi connectivity index (χ0) is 11.1. The van der Waals surface area contributed by atoms with Crippen LogP contribution in [0.5, 0.6) is 0 Å². The number of benzene rings is 1. The SMILES string of the molecule is CCc1cc(Cl)c(F)c(CC2(N)CC2)c1. The third-order valence-corrected chi connectivity index (χ3v) is 3.28. The van der Waals surface area contributed by atoms with Gasteiger partial charge in [-0.2, -0.15) is 0 Å². The molecule has 1 aromatic rings. The standard InChI is InChI=1S/C12H15ClFN/c1-2-8-5-9(7-12(15)3-4-12)11(14)10(13)6-8/h5-6H,2-4,7,15H2,1H3. The highest BCUT2D eigenvalue weighted by atomic mass is 35.5. The second-order valence-corrected chi connectivity index (χ2v) is 4.85. The van der Waals surface area contributed by atoms with E-state index in [0.29, 0.717) is 12.0 Å². The summed E-state index contributed by atoms with van der Waals surface area (Å²) in [4.78, 5) is 0. The van der Waals surface area contributed by atoms with Crippen LogP contribution in [0.25, 0.3) is 0 Å². The molecule has 0 bridgehead atoms. The minimum absolute atomic E-state index is 0.170. The molecular formula is C12H15ClFN. The topological polar surface area (TPSA) is 26.0 Å². The molecule has 0 saturated heterocycles. The van der Waals surface area contributed by atoms with Gasteiger partial charge >= 0.3 is 0 Å². The first kappa shape index (κ1) is 10.9. The minimum Gasteiger partial charge on any atom is -0.325 e. The van der Waals surface area contributed by atoms with Gasteiger partial charge in [0.15, 0.2) is 0 Å². The summed E-state index contributed by atoms with van der Waals surface area (Å²) in [7, 11) is 0. The number of hydrogen-bond donors (Lipinski definition) is 1. The van der Waals surface area contributed by atoms with E-state index in [2.05, 4.69) is 0 Å². The molecule has 0 radical (unpaired) electrons. The van der Waals surface area contributed by atoms with Crippen molar-refractivity contribution in [1.82, 2.24) is 0 Å². The van der Waals surface area contributed by atoms with Crippen molar-refractivity contribution in [2.45, 2.75) is 38.1 Å². The molecule has 1 fully saturated rings. The highest BCUT2D eigenvalue weighted by Gasteiger charge is 2.38. The fourth-order valence-electron chi connectivity index (χ4n) is 1.76. The Morgan fingerprint density at radius 3 is 2.67 bits per heavy atom. The van der Waals surface area contributed by atoms with Gasteiger partial charge in [0.25, 0.3) is 0 Å². The van der Waals surface area contributed by atoms with Crippen molar-refractivity contribution in [3.05, 3.63) is 34.1 Å². The maximum atomic E-state index is 13.7. The predicted molar refractivity (Wildman–Crippen MR) is 60.6 cm³/mol. The van der Waals surface area contributed by atoms with Crippen molar-refractivity contribution in [1.29, 1.82) is 0 Å². The quantitative estimate of drug-likeness (QED) is 0.844. The van der Waals surface area contributed by atoms with Crippen molar-refractivity contribution in [2.75, 3.05) is 0 Å². The number of aryl methyl sites for hydroxylation is 1. The Labute approximate surface area is 94.4 Å². The second-order valence-electron chi connectivity index (χ2n) is 4.44. The van der Waals surface area contributed by atoms with Crippen LogP contribution in [0, 0.1) is 5.82 Å². The van der Waals surface area contributed by atoms with Crippen LogP contribution in [-0.4, -0.2) is 5.54 Å². The summed E-state index contributed by atoms with van der Waals surface area (Å²) < 4.78 is 13.7. The van der Waals surface area contributed by atoms with Gasteiger partial charge in [-0.1, -0.05) is 24.6 Å². The molecule has 0 heterocycles. The third kappa shape index (κ3) is 2.32. The lowest BCUT2D eigenvalue weighted by Crippen LogP contribution is -2.25. The van der Waals surface area contributed by atoms with Crippen molar-refractivity contribution in [2.24, 2.45) is 5.73 Å². The van der Waals surface area contributed by atoms with E-state index in [0.717, 1.165) is 24.8 Å². The molecule has 0 spiro atoms. The van der Waals surface area contributed by atoms with Crippen molar-refractivity contribution in [3.63, 3.8) is 0 Å². The lowest BCUT2D eigenvalue weighted by atomic mass is 10.0.